The molecular weight excluding hydrogens is 653 g/mol. The van der Waals surface area contributed by atoms with Gasteiger partial charge in [-0.15, -0.1) is 11.8 Å². The van der Waals surface area contributed by atoms with Crippen LogP contribution in [0.3, 0.4) is 0 Å². The van der Waals surface area contributed by atoms with E-state index in [9.17, 15) is 18.9 Å². The number of nitrogens with zero attached hydrogens (tertiary/aromatic N) is 4. The first kappa shape index (κ1) is 36.7. The number of nitriles is 2. The number of sulfone groups is 1. The molecule has 0 N–H and O–H groups in total. The Morgan fingerprint density at radius 1 is 0.694 bits per heavy atom. The number of benzene rings is 4. The first-order valence-corrected chi connectivity index (χ1v) is 18.4. The van der Waals surface area contributed by atoms with Crippen LogP contribution in [-0.2, 0) is 22.9 Å². The van der Waals surface area contributed by atoms with Gasteiger partial charge in [-0.25, -0.2) is 8.42 Å². The number of rotatable bonds is 8. The van der Waals surface area contributed by atoms with Crippen molar-refractivity contribution in [2.45, 2.75) is 44.2 Å². The average Bonchev–Trinajstić information content (AvgIpc) is 3.62. The molecule has 10 heteroatoms. The van der Waals surface area contributed by atoms with Crippen molar-refractivity contribution in [2.75, 3.05) is 26.7 Å². The van der Waals surface area contributed by atoms with E-state index < -0.39 is 9.84 Å². The van der Waals surface area contributed by atoms with Gasteiger partial charge in [0.25, 0.3) is 0 Å². The van der Waals surface area contributed by atoms with Crippen LogP contribution < -0.4 is 9.47 Å². The Morgan fingerprint density at radius 2 is 1.10 bits per heavy atom. The fraction of sp³-hybridized carbons (Fsp3) is 0.231. The summed E-state index contributed by atoms with van der Waals surface area (Å²) in [5, 5.41) is 21.2. The maximum atomic E-state index is 11.7. The summed E-state index contributed by atoms with van der Waals surface area (Å²) in [6.45, 7) is 5.58. The maximum absolute atomic E-state index is 11.7. The molecular formula is C39H40N4O4S2. The van der Waals surface area contributed by atoms with Gasteiger partial charge < -0.3 is 18.6 Å². The molecule has 252 valence electrons. The van der Waals surface area contributed by atoms with E-state index in [0.29, 0.717) is 12.1 Å². The van der Waals surface area contributed by atoms with Crippen molar-refractivity contribution in [2.24, 2.45) is 0 Å². The molecule has 0 aliphatic heterocycles. The third-order valence-corrected chi connectivity index (χ3v) is 10.2. The highest BCUT2D eigenvalue weighted by atomic mass is 32.2. The smallest absolute Gasteiger partial charge is 0.175 e. The molecule has 0 spiro atoms. The summed E-state index contributed by atoms with van der Waals surface area (Å²) >= 11 is 1.71. The molecule has 0 atom stereocenters. The predicted octanol–water partition coefficient (Wildman–Crippen LogP) is 9.18. The van der Waals surface area contributed by atoms with Crippen LogP contribution in [0, 0.1) is 22.7 Å². The summed E-state index contributed by atoms with van der Waals surface area (Å²) in [7, 11) is 0.0128. The summed E-state index contributed by atoms with van der Waals surface area (Å²) in [6.07, 6.45) is 3.24. The molecule has 8 nitrogen and oxygen atoms in total. The van der Waals surface area contributed by atoms with E-state index in [1.54, 1.807) is 50.2 Å². The second-order valence-corrected chi connectivity index (χ2v) is 13.8. The first-order valence-electron chi connectivity index (χ1n) is 15.3. The van der Waals surface area contributed by atoms with E-state index in [2.05, 4.69) is 54.2 Å². The third-order valence-electron chi connectivity index (χ3n) is 8.32. The molecule has 2 aromatic heterocycles. The highest BCUT2D eigenvalue weighted by molar-refractivity contribution is 7.98. The Labute approximate surface area is 293 Å². The van der Waals surface area contributed by atoms with Crippen molar-refractivity contribution >= 4 is 43.4 Å². The quantitative estimate of drug-likeness (QED) is 0.146. The summed E-state index contributed by atoms with van der Waals surface area (Å²) in [4.78, 5) is 1.48. The largest absolute Gasteiger partial charge is 0.497 e. The van der Waals surface area contributed by atoms with Crippen molar-refractivity contribution in [3.8, 4) is 46.2 Å². The Bertz CT molecular complexity index is 2310. The normalized spacial score (nSPS) is 10.9. The van der Waals surface area contributed by atoms with Gasteiger partial charge in [0.05, 0.1) is 52.7 Å². The number of fused-ring (bicyclic) bond motifs is 2. The lowest BCUT2D eigenvalue weighted by Gasteiger charge is -2.09. The van der Waals surface area contributed by atoms with Crippen molar-refractivity contribution in [3.63, 3.8) is 0 Å². The minimum absolute atomic E-state index is 0. The van der Waals surface area contributed by atoms with E-state index in [1.807, 2.05) is 47.9 Å². The molecule has 0 saturated carbocycles. The van der Waals surface area contributed by atoms with E-state index in [1.165, 1.54) is 11.2 Å². The molecule has 2 heterocycles. The van der Waals surface area contributed by atoms with Crippen molar-refractivity contribution in [1.82, 2.24) is 9.13 Å². The SMILES string of the molecule is C.CCn1c(-c2ccc(S(C)(=O)=O)cc2)c(C#N)c2ccc(OC)cc21.CCn1c(-c2ccc(SC)cc2)c(C#N)c2ccc(OC)cc21. The van der Waals surface area contributed by atoms with Gasteiger partial charge in [-0.1, -0.05) is 31.7 Å². The monoisotopic (exact) mass is 692 g/mol. The Balaban J connectivity index is 0.000000217. The Morgan fingerprint density at radius 3 is 1.43 bits per heavy atom. The summed E-state index contributed by atoms with van der Waals surface area (Å²) in [6, 6.07) is 31.2. The first-order chi connectivity index (χ1) is 23.1. The topological polar surface area (TPSA) is 110 Å². The highest BCUT2D eigenvalue weighted by Gasteiger charge is 2.20. The van der Waals surface area contributed by atoms with Crippen LogP contribution in [0.25, 0.3) is 44.3 Å². The van der Waals surface area contributed by atoms with Gasteiger partial charge in [0.15, 0.2) is 9.84 Å². The number of aryl methyl sites for hydroxylation is 2. The second-order valence-electron chi connectivity index (χ2n) is 11.0. The number of methoxy groups -OCH3 is 2. The molecule has 6 rings (SSSR count). The number of aromatic nitrogens is 2. The number of hydrogen-bond acceptors (Lipinski definition) is 7. The lowest BCUT2D eigenvalue weighted by Crippen LogP contribution is -1.99. The molecule has 4 aromatic carbocycles. The van der Waals surface area contributed by atoms with Gasteiger partial charge in [0, 0.05) is 47.1 Å². The van der Waals surface area contributed by atoms with Crippen LogP contribution in [0.1, 0.15) is 32.4 Å². The summed E-state index contributed by atoms with van der Waals surface area (Å²) in [5.41, 5.74) is 6.89. The minimum Gasteiger partial charge on any atom is -0.497 e. The average molecular weight is 693 g/mol. The zero-order chi connectivity index (χ0) is 34.6. The zero-order valence-corrected chi connectivity index (χ0v) is 29.4. The maximum Gasteiger partial charge on any atom is 0.175 e. The van der Waals surface area contributed by atoms with Gasteiger partial charge >= 0.3 is 0 Å². The molecule has 0 unspecified atom stereocenters. The highest BCUT2D eigenvalue weighted by Crippen LogP contribution is 2.37. The van der Waals surface area contributed by atoms with Crippen molar-refractivity contribution in [1.29, 1.82) is 10.5 Å². The van der Waals surface area contributed by atoms with Crippen LogP contribution in [-0.4, -0.2) is 44.3 Å². The molecule has 0 aliphatic rings. The standard InChI is InChI=1S/C19H18N2O3S.C19H18N2OS.CH4/c1-4-21-18-11-14(24-2)7-10-16(18)17(12-20)19(21)13-5-8-15(9-6-13)25(3,22)23;1-4-21-18-11-14(22-2)7-10-16(18)17(12-20)19(21)13-5-8-15(23-3)9-6-13;/h5-11H,4H2,1-3H3;5-11H,4H2,1-3H3;1H4. The molecule has 0 radical (unpaired) electrons. The molecule has 0 saturated heterocycles. The minimum atomic E-state index is -3.26. The van der Waals surface area contributed by atoms with Crippen LogP contribution in [0.4, 0.5) is 0 Å². The lowest BCUT2D eigenvalue weighted by molar-refractivity contribution is 0.415. The molecule has 49 heavy (non-hydrogen) atoms. The fourth-order valence-electron chi connectivity index (χ4n) is 6.00. The lowest BCUT2D eigenvalue weighted by atomic mass is 10.1. The van der Waals surface area contributed by atoms with E-state index in [4.69, 9.17) is 9.47 Å². The van der Waals surface area contributed by atoms with Crippen LogP contribution in [0.15, 0.2) is 94.7 Å². The molecule has 0 aliphatic carbocycles. The van der Waals surface area contributed by atoms with Crippen LogP contribution in [0.2, 0.25) is 0 Å². The van der Waals surface area contributed by atoms with Gasteiger partial charge in [-0.2, -0.15) is 10.5 Å². The third kappa shape index (κ3) is 7.03. The van der Waals surface area contributed by atoms with E-state index in [0.717, 1.165) is 67.9 Å². The molecule has 0 amide bonds. The Kier molecular flexibility index (Phi) is 11.5. The van der Waals surface area contributed by atoms with E-state index in [-0.39, 0.29) is 12.3 Å². The van der Waals surface area contributed by atoms with Crippen LogP contribution in [0.5, 0.6) is 11.5 Å². The fourth-order valence-corrected chi connectivity index (χ4v) is 7.04. The zero-order valence-electron chi connectivity index (χ0n) is 27.7. The van der Waals surface area contributed by atoms with Gasteiger partial charge in [0.1, 0.15) is 23.6 Å². The van der Waals surface area contributed by atoms with Crippen molar-refractivity contribution < 1.29 is 17.9 Å². The van der Waals surface area contributed by atoms with Crippen LogP contribution >= 0.6 is 11.8 Å². The van der Waals surface area contributed by atoms with Gasteiger partial charge in [-0.05, 0) is 79.8 Å². The van der Waals surface area contributed by atoms with Gasteiger partial charge in [0.2, 0.25) is 0 Å². The summed E-state index contributed by atoms with van der Waals surface area (Å²) < 4.78 is 38.2. The second kappa shape index (κ2) is 15.4. The Hall–Kier alpha value is -5.16. The summed E-state index contributed by atoms with van der Waals surface area (Å²) in [5.74, 6) is 1.53. The number of hydrogen-bond donors (Lipinski definition) is 0. The number of ether oxygens (including phenoxy) is 2. The van der Waals surface area contributed by atoms with Crippen molar-refractivity contribution in [3.05, 3.63) is 96.1 Å². The molecule has 0 fully saturated rings. The number of thioether (sulfide) groups is 1. The predicted molar refractivity (Wildman–Crippen MR) is 200 cm³/mol. The van der Waals surface area contributed by atoms with E-state index >= 15 is 0 Å². The molecule has 6 aromatic rings. The van der Waals surface area contributed by atoms with Gasteiger partial charge in [-0.3, -0.25) is 0 Å². The molecule has 0 bridgehead atoms.